The number of hydrogen-bond acceptors (Lipinski definition) is 6. The van der Waals surface area contributed by atoms with E-state index in [1.165, 1.54) is 35.2 Å². The van der Waals surface area contributed by atoms with Crippen molar-refractivity contribution in [1.82, 2.24) is 10.2 Å². The van der Waals surface area contributed by atoms with E-state index in [2.05, 4.69) is 5.32 Å². The monoisotopic (exact) mass is 645 g/mol. The number of carbonyl (C=O) groups excluding carboxylic acids is 2. The molecule has 1 atom stereocenters. The molecule has 1 aliphatic heterocycles. The second-order valence-corrected chi connectivity index (χ2v) is 12.7. The van der Waals surface area contributed by atoms with Crippen molar-refractivity contribution >= 4 is 27.5 Å². The van der Waals surface area contributed by atoms with Crippen molar-refractivity contribution in [3.63, 3.8) is 0 Å². The highest BCUT2D eigenvalue weighted by Crippen LogP contribution is 2.36. The molecular formula is C35H36FN3O6S. The van der Waals surface area contributed by atoms with Gasteiger partial charge in [0, 0.05) is 25.6 Å². The summed E-state index contributed by atoms with van der Waals surface area (Å²) in [6.45, 7) is 2.29. The van der Waals surface area contributed by atoms with Crippen LogP contribution in [0.4, 0.5) is 10.1 Å². The molecule has 0 spiro atoms. The number of anilines is 1. The molecule has 0 bridgehead atoms. The lowest BCUT2D eigenvalue weighted by Gasteiger charge is -2.34. The third kappa shape index (κ3) is 7.84. The van der Waals surface area contributed by atoms with Gasteiger partial charge in [-0.2, -0.15) is 0 Å². The highest BCUT2D eigenvalue weighted by Gasteiger charge is 2.35. The molecule has 0 aliphatic carbocycles. The number of ether oxygens (including phenoxy) is 2. The van der Waals surface area contributed by atoms with Gasteiger partial charge < -0.3 is 19.7 Å². The van der Waals surface area contributed by atoms with Crippen molar-refractivity contribution < 1.29 is 31.9 Å². The molecule has 240 valence electrons. The molecule has 0 aromatic heterocycles. The number of benzene rings is 4. The number of hydrogen-bond donors (Lipinski definition) is 1. The Labute approximate surface area is 268 Å². The lowest BCUT2D eigenvalue weighted by atomic mass is 10.0. The molecule has 11 heteroatoms. The predicted octanol–water partition coefficient (Wildman–Crippen LogP) is 4.96. The first-order valence-corrected chi connectivity index (χ1v) is 16.5. The summed E-state index contributed by atoms with van der Waals surface area (Å²) >= 11 is 0. The zero-order valence-electron chi connectivity index (χ0n) is 25.5. The van der Waals surface area contributed by atoms with E-state index in [0.29, 0.717) is 43.2 Å². The molecule has 2 amide bonds. The van der Waals surface area contributed by atoms with Crippen molar-refractivity contribution in [2.24, 2.45) is 0 Å². The molecular weight excluding hydrogens is 609 g/mol. The topological polar surface area (TPSA) is 105 Å². The molecule has 9 nitrogen and oxygen atoms in total. The Morgan fingerprint density at radius 1 is 0.848 bits per heavy atom. The number of carbonyl (C=O) groups is 2. The fourth-order valence-corrected chi connectivity index (χ4v) is 6.57. The summed E-state index contributed by atoms with van der Waals surface area (Å²) in [7, 11) is -4.27. The van der Waals surface area contributed by atoms with Crippen LogP contribution < -0.4 is 19.1 Å². The highest BCUT2D eigenvalue weighted by atomic mass is 32.2. The summed E-state index contributed by atoms with van der Waals surface area (Å²) in [4.78, 5) is 29.6. The molecule has 1 heterocycles. The van der Waals surface area contributed by atoms with Crippen molar-refractivity contribution in [1.29, 1.82) is 0 Å². The highest BCUT2D eigenvalue weighted by molar-refractivity contribution is 7.92. The van der Waals surface area contributed by atoms with Gasteiger partial charge in [-0.25, -0.2) is 12.8 Å². The summed E-state index contributed by atoms with van der Waals surface area (Å²) in [6, 6.07) is 26.4. The Morgan fingerprint density at radius 2 is 1.50 bits per heavy atom. The lowest BCUT2D eigenvalue weighted by Crippen LogP contribution is -2.53. The first-order valence-electron chi connectivity index (χ1n) is 15.1. The molecule has 5 rings (SSSR count). The Bertz CT molecular complexity index is 1740. The van der Waals surface area contributed by atoms with Gasteiger partial charge in [0.15, 0.2) is 11.5 Å². The summed E-state index contributed by atoms with van der Waals surface area (Å²) in [6.07, 6.45) is 0.863. The van der Waals surface area contributed by atoms with E-state index in [0.717, 1.165) is 9.87 Å². The third-order valence-corrected chi connectivity index (χ3v) is 9.30. The number of nitrogens with one attached hydrogen (secondary N) is 1. The van der Waals surface area contributed by atoms with Gasteiger partial charge in [0.25, 0.3) is 10.0 Å². The van der Waals surface area contributed by atoms with Gasteiger partial charge in [-0.05, 0) is 53.9 Å². The summed E-state index contributed by atoms with van der Waals surface area (Å²) in [5, 5.41) is 2.90. The molecule has 4 aromatic rings. The number of rotatable bonds is 13. The van der Waals surface area contributed by atoms with E-state index in [9.17, 15) is 22.4 Å². The Hall–Kier alpha value is -4.90. The molecule has 1 aliphatic rings. The van der Waals surface area contributed by atoms with Crippen molar-refractivity contribution in [3.8, 4) is 11.5 Å². The number of nitrogens with zero attached hydrogens (tertiary/aromatic N) is 2. The minimum absolute atomic E-state index is 0.00991. The molecule has 0 saturated carbocycles. The molecule has 0 fully saturated rings. The van der Waals surface area contributed by atoms with E-state index in [1.54, 1.807) is 42.5 Å². The number of sulfonamides is 1. The maximum absolute atomic E-state index is 14.5. The fourth-order valence-electron chi connectivity index (χ4n) is 5.14. The maximum Gasteiger partial charge on any atom is 0.264 e. The molecule has 0 saturated heterocycles. The lowest BCUT2D eigenvalue weighted by molar-refractivity contribution is -0.140. The first kappa shape index (κ1) is 32.5. The molecule has 0 radical (unpaired) electrons. The molecule has 4 aromatic carbocycles. The molecule has 46 heavy (non-hydrogen) atoms. The van der Waals surface area contributed by atoms with Gasteiger partial charge in [0.05, 0.1) is 10.6 Å². The van der Waals surface area contributed by atoms with Crippen LogP contribution in [0, 0.1) is 5.82 Å². The minimum Gasteiger partial charge on any atom is -0.486 e. The third-order valence-electron chi connectivity index (χ3n) is 7.51. The number of fused-ring (bicyclic) bond motifs is 1. The van der Waals surface area contributed by atoms with Gasteiger partial charge in [0.1, 0.15) is 31.6 Å². The molecule has 1 N–H and O–H groups in total. The normalized spacial score (nSPS) is 13.0. The van der Waals surface area contributed by atoms with E-state index in [-0.39, 0.29) is 29.5 Å². The quantitative estimate of drug-likeness (QED) is 0.221. The predicted molar refractivity (Wildman–Crippen MR) is 173 cm³/mol. The van der Waals surface area contributed by atoms with Crippen molar-refractivity contribution in [2.45, 2.75) is 37.2 Å². The summed E-state index contributed by atoms with van der Waals surface area (Å²) in [5.41, 5.74) is 1.59. The maximum atomic E-state index is 14.5. The standard InChI is InChI=1S/C35H36FN3O6S/c1-2-19-37-35(41)31(22-26-9-5-3-6-10-26)38(24-27-13-15-28(36)16-14-27)34(40)25-39(46(42,43)30-11-7-4-8-12-30)29-17-18-32-33(23-29)45-21-20-44-32/h3-18,23,31H,2,19-22,24-25H2,1H3,(H,37,41). The van der Waals surface area contributed by atoms with Crippen molar-refractivity contribution in [3.05, 3.63) is 120 Å². The van der Waals surface area contributed by atoms with E-state index in [4.69, 9.17) is 9.47 Å². The first-order chi connectivity index (χ1) is 22.3. The SMILES string of the molecule is CCCNC(=O)C(Cc1ccccc1)N(Cc1ccc(F)cc1)C(=O)CN(c1ccc2c(c1)OCCO2)S(=O)(=O)c1ccccc1. The van der Waals surface area contributed by atoms with Crippen LogP contribution in [0.3, 0.4) is 0 Å². The van der Waals surface area contributed by atoms with Gasteiger partial charge in [-0.15, -0.1) is 0 Å². The van der Waals surface area contributed by atoms with Gasteiger partial charge in [-0.3, -0.25) is 13.9 Å². The second-order valence-electron chi connectivity index (χ2n) is 10.8. The van der Waals surface area contributed by atoms with Crippen molar-refractivity contribution in [2.75, 3.05) is 30.6 Å². The van der Waals surface area contributed by atoms with Crippen LogP contribution in [0.25, 0.3) is 0 Å². The summed E-state index contributed by atoms with van der Waals surface area (Å²) < 4.78 is 54.5. The van der Waals surface area contributed by atoms with E-state index >= 15 is 0 Å². The number of amides is 2. The smallest absolute Gasteiger partial charge is 0.264 e. The zero-order valence-corrected chi connectivity index (χ0v) is 26.3. The van der Waals surface area contributed by atoms with Crippen LogP contribution in [0.2, 0.25) is 0 Å². The zero-order chi connectivity index (χ0) is 32.5. The second kappa shape index (κ2) is 14.9. The van der Waals surface area contributed by atoms with Gasteiger partial charge in [0.2, 0.25) is 11.8 Å². The Morgan fingerprint density at radius 3 is 2.17 bits per heavy atom. The Balaban J connectivity index is 1.57. The fraction of sp³-hybridized carbons (Fsp3) is 0.257. The average molecular weight is 646 g/mol. The van der Waals surface area contributed by atoms with Gasteiger partial charge in [-0.1, -0.05) is 67.6 Å². The number of halogens is 1. The minimum atomic E-state index is -4.27. The van der Waals surface area contributed by atoms with Crippen LogP contribution in [0.1, 0.15) is 24.5 Å². The van der Waals surface area contributed by atoms with Crippen LogP contribution in [-0.4, -0.2) is 57.5 Å². The van der Waals surface area contributed by atoms with Crippen LogP contribution in [0.5, 0.6) is 11.5 Å². The summed E-state index contributed by atoms with van der Waals surface area (Å²) in [5.74, 6) is -0.619. The van der Waals surface area contributed by atoms with Gasteiger partial charge >= 0.3 is 0 Å². The van der Waals surface area contributed by atoms with E-state index in [1.807, 2.05) is 37.3 Å². The van der Waals surface area contributed by atoms with Crippen LogP contribution >= 0.6 is 0 Å². The largest absolute Gasteiger partial charge is 0.486 e. The van der Waals surface area contributed by atoms with E-state index < -0.39 is 34.3 Å². The average Bonchev–Trinajstić information content (AvgIpc) is 3.09. The molecule has 1 unspecified atom stereocenters. The van der Waals surface area contributed by atoms with Crippen LogP contribution in [0.15, 0.2) is 108 Å². The Kier molecular flexibility index (Phi) is 10.5. The van der Waals surface area contributed by atoms with Crippen LogP contribution in [-0.2, 0) is 32.6 Å².